The van der Waals surface area contributed by atoms with E-state index in [0.717, 1.165) is 0 Å². The summed E-state index contributed by atoms with van der Waals surface area (Å²) in [5, 5.41) is 0. The molecule has 0 spiro atoms. The van der Waals surface area contributed by atoms with Crippen molar-refractivity contribution in [2.45, 2.75) is 47.0 Å². The summed E-state index contributed by atoms with van der Waals surface area (Å²) in [6.07, 6.45) is 1.41. The van der Waals surface area contributed by atoms with Crippen LogP contribution >= 0.6 is 0 Å². The Balaban J connectivity index is 3.03. The van der Waals surface area contributed by atoms with Crippen molar-refractivity contribution in [2.24, 2.45) is 17.3 Å². The Morgan fingerprint density at radius 3 is 2.15 bits per heavy atom. The minimum Gasteiger partial charge on any atom is -0.465 e. The maximum absolute atomic E-state index is 12.1. The molecule has 5 heteroatoms. The van der Waals surface area contributed by atoms with Crippen LogP contribution in [0, 0.1) is 17.3 Å². The van der Waals surface area contributed by atoms with Gasteiger partial charge in [0.15, 0.2) is 5.92 Å². The van der Waals surface area contributed by atoms with Crippen molar-refractivity contribution in [1.82, 2.24) is 0 Å². The SMILES string of the molecule is CCOC(=O)C(C(=O)OCC)[C@H]1CC(=O)CCC1(C)C. The fourth-order valence-corrected chi connectivity index (χ4v) is 2.73. The Labute approximate surface area is 120 Å². The summed E-state index contributed by atoms with van der Waals surface area (Å²) in [6, 6.07) is 0. The Hall–Kier alpha value is -1.39. The quantitative estimate of drug-likeness (QED) is 0.571. The molecular formula is C15H24O5. The molecule has 0 saturated heterocycles. The smallest absolute Gasteiger partial charge is 0.320 e. The van der Waals surface area contributed by atoms with E-state index in [0.29, 0.717) is 12.8 Å². The highest BCUT2D eigenvalue weighted by Crippen LogP contribution is 2.44. The number of rotatable bonds is 5. The standard InChI is InChI=1S/C15H24O5/c1-5-19-13(17)12(14(18)20-6-2)11-9-10(16)7-8-15(11,3)4/h11-12H,5-9H2,1-4H3/t11-/m1/s1. The normalized spacial score (nSPS) is 21.6. The molecule has 0 heterocycles. The minimum atomic E-state index is -1.01. The van der Waals surface area contributed by atoms with Crippen LogP contribution in [0.2, 0.25) is 0 Å². The molecule has 1 aliphatic rings. The van der Waals surface area contributed by atoms with Gasteiger partial charge in [0.05, 0.1) is 13.2 Å². The van der Waals surface area contributed by atoms with E-state index in [-0.39, 0.29) is 36.8 Å². The van der Waals surface area contributed by atoms with Crippen molar-refractivity contribution in [1.29, 1.82) is 0 Å². The van der Waals surface area contributed by atoms with Gasteiger partial charge in [0.1, 0.15) is 5.78 Å². The number of ether oxygens (including phenoxy) is 2. The zero-order valence-electron chi connectivity index (χ0n) is 12.7. The first-order valence-electron chi connectivity index (χ1n) is 7.18. The van der Waals surface area contributed by atoms with Crippen LogP contribution in [0.15, 0.2) is 0 Å². The Bertz CT molecular complexity index is 368. The molecule has 1 atom stereocenters. The van der Waals surface area contributed by atoms with Gasteiger partial charge in [0.25, 0.3) is 0 Å². The number of ketones is 1. The molecule has 0 aromatic heterocycles. The highest BCUT2D eigenvalue weighted by atomic mass is 16.6. The lowest BCUT2D eigenvalue weighted by atomic mass is 9.63. The molecule has 1 fully saturated rings. The van der Waals surface area contributed by atoms with Crippen LogP contribution in [0.1, 0.15) is 47.0 Å². The van der Waals surface area contributed by atoms with Gasteiger partial charge in [-0.1, -0.05) is 13.8 Å². The van der Waals surface area contributed by atoms with Crippen molar-refractivity contribution in [3.05, 3.63) is 0 Å². The Morgan fingerprint density at radius 2 is 1.70 bits per heavy atom. The van der Waals surface area contributed by atoms with Gasteiger partial charge in [-0.05, 0) is 31.6 Å². The topological polar surface area (TPSA) is 69.7 Å². The summed E-state index contributed by atoms with van der Waals surface area (Å²) >= 11 is 0. The summed E-state index contributed by atoms with van der Waals surface area (Å²) < 4.78 is 10.0. The summed E-state index contributed by atoms with van der Waals surface area (Å²) in [6.45, 7) is 7.76. The van der Waals surface area contributed by atoms with Crippen molar-refractivity contribution < 1.29 is 23.9 Å². The van der Waals surface area contributed by atoms with E-state index in [9.17, 15) is 14.4 Å². The first-order valence-corrected chi connectivity index (χ1v) is 7.18. The number of Topliss-reactive ketones (excluding diaryl/α,β-unsaturated/α-hetero) is 1. The van der Waals surface area contributed by atoms with Crippen LogP contribution < -0.4 is 0 Å². The van der Waals surface area contributed by atoms with Gasteiger partial charge in [0.2, 0.25) is 0 Å². The van der Waals surface area contributed by atoms with Crippen molar-refractivity contribution in [2.75, 3.05) is 13.2 Å². The molecule has 1 rings (SSSR count). The van der Waals surface area contributed by atoms with Crippen LogP contribution in [-0.4, -0.2) is 30.9 Å². The lowest BCUT2D eigenvalue weighted by molar-refractivity contribution is -0.168. The molecule has 114 valence electrons. The number of hydrogen-bond donors (Lipinski definition) is 0. The molecule has 1 saturated carbocycles. The van der Waals surface area contributed by atoms with Crippen LogP contribution in [0.5, 0.6) is 0 Å². The average Bonchev–Trinajstić information content (AvgIpc) is 2.35. The molecule has 0 radical (unpaired) electrons. The van der Waals surface area contributed by atoms with Gasteiger partial charge in [0, 0.05) is 12.8 Å². The second-order valence-electron chi connectivity index (χ2n) is 5.82. The number of carbonyl (C=O) groups excluding carboxylic acids is 3. The maximum atomic E-state index is 12.1. The third-order valence-corrected chi connectivity index (χ3v) is 3.98. The van der Waals surface area contributed by atoms with Crippen molar-refractivity contribution >= 4 is 17.7 Å². The predicted molar refractivity (Wildman–Crippen MR) is 72.9 cm³/mol. The Kier molecular flexibility index (Phi) is 5.72. The van der Waals surface area contributed by atoms with Crippen LogP contribution in [0.4, 0.5) is 0 Å². The molecule has 20 heavy (non-hydrogen) atoms. The summed E-state index contributed by atoms with van der Waals surface area (Å²) in [4.78, 5) is 36.0. The second kappa shape index (κ2) is 6.86. The van der Waals surface area contributed by atoms with Gasteiger partial charge >= 0.3 is 11.9 Å². The number of carbonyl (C=O) groups is 3. The van der Waals surface area contributed by atoms with E-state index in [1.165, 1.54) is 0 Å². The monoisotopic (exact) mass is 284 g/mol. The third-order valence-electron chi connectivity index (χ3n) is 3.98. The number of esters is 2. The minimum absolute atomic E-state index is 0.0907. The largest absolute Gasteiger partial charge is 0.465 e. The molecule has 5 nitrogen and oxygen atoms in total. The molecule has 0 N–H and O–H groups in total. The van der Waals surface area contributed by atoms with Crippen LogP contribution in [0.25, 0.3) is 0 Å². The van der Waals surface area contributed by atoms with E-state index >= 15 is 0 Å². The molecule has 0 aromatic rings. The van der Waals surface area contributed by atoms with Gasteiger partial charge in [-0.2, -0.15) is 0 Å². The van der Waals surface area contributed by atoms with Crippen LogP contribution in [0.3, 0.4) is 0 Å². The van der Waals surface area contributed by atoms with Gasteiger partial charge < -0.3 is 9.47 Å². The summed E-state index contributed by atoms with van der Waals surface area (Å²) in [5.41, 5.74) is -0.266. The van der Waals surface area contributed by atoms with E-state index in [2.05, 4.69) is 0 Å². The predicted octanol–water partition coefficient (Wildman–Crippen LogP) is 2.12. The maximum Gasteiger partial charge on any atom is 0.320 e. The molecule has 0 amide bonds. The molecule has 1 aliphatic carbocycles. The number of hydrogen-bond acceptors (Lipinski definition) is 5. The highest BCUT2D eigenvalue weighted by molar-refractivity contribution is 5.96. The summed E-state index contributed by atoms with van der Waals surface area (Å²) in [7, 11) is 0. The van der Waals surface area contributed by atoms with Gasteiger partial charge in [-0.15, -0.1) is 0 Å². The fraction of sp³-hybridized carbons (Fsp3) is 0.800. The molecule has 0 bridgehead atoms. The van der Waals surface area contributed by atoms with E-state index in [1.807, 2.05) is 13.8 Å². The fourth-order valence-electron chi connectivity index (χ4n) is 2.73. The van der Waals surface area contributed by atoms with E-state index in [1.54, 1.807) is 13.8 Å². The first kappa shape index (κ1) is 16.7. The average molecular weight is 284 g/mol. The Morgan fingerprint density at radius 1 is 1.20 bits per heavy atom. The first-order chi connectivity index (χ1) is 9.33. The third kappa shape index (κ3) is 3.81. The molecular weight excluding hydrogens is 260 g/mol. The lowest BCUT2D eigenvalue weighted by Gasteiger charge is -2.40. The molecule has 0 aliphatic heterocycles. The molecule has 0 aromatic carbocycles. The van der Waals surface area contributed by atoms with Crippen molar-refractivity contribution in [3.8, 4) is 0 Å². The highest BCUT2D eigenvalue weighted by Gasteiger charge is 2.47. The summed E-state index contributed by atoms with van der Waals surface area (Å²) in [5.74, 6) is -2.44. The van der Waals surface area contributed by atoms with Gasteiger partial charge in [-0.25, -0.2) is 0 Å². The van der Waals surface area contributed by atoms with Crippen LogP contribution in [-0.2, 0) is 23.9 Å². The zero-order chi connectivity index (χ0) is 15.3. The van der Waals surface area contributed by atoms with E-state index in [4.69, 9.17) is 9.47 Å². The van der Waals surface area contributed by atoms with Crippen molar-refractivity contribution in [3.63, 3.8) is 0 Å². The second-order valence-corrected chi connectivity index (χ2v) is 5.82. The lowest BCUT2D eigenvalue weighted by Crippen LogP contribution is -2.44. The van der Waals surface area contributed by atoms with Gasteiger partial charge in [-0.3, -0.25) is 14.4 Å². The molecule has 0 unspecified atom stereocenters. The zero-order valence-corrected chi connectivity index (χ0v) is 12.7. The van der Waals surface area contributed by atoms with E-state index < -0.39 is 17.9 Å².